The van der Waals surface area contributed by atoms with Crippen molar-refractivity contribution in [2.75, 3.05) is 10.8 Å². The third-order valence-electron chi connectivity index (χ3n) is 5.04. The molecule has 0 amide bonds. The molecule has 0 unspecified atom stereocenters. The molecule has 0 N–H and O–H groups in total. The molecular formula is C18H23N7O2S. The van der Waals surface area contributed by atoms with E-state index in [4.69, 9.17) is 0 Å². The summed E-state index contributed by atoms with van der Waals surface area (Å²) < 4.78 is 31.8. The van der Waals surface area contributed by atoms with Gasteiger partial charge in [0.1, 0.15) is 11.4 Å². The van der Waals surface area contributed by atoms with Crippen molar-refractivity contribution >= 4 is 15.7 Å². The molecule has 3 heterocycles. The van der Waals surface area contributed by atoms with Crippen LogP contribution in [0.25, 0.3) is 0 Å². The standard InChI is InChI=1S/C18H23N7O2S/c1-4-10-23-17(19-21-22-23)12-24-14(3)18(13(2)20-24)28(26,27)25-11-9-15-7-5-6-8-16(15)25/h5-8H,4,9-12H2,1-3H3. The Morgan fingerprint density at radius 3 is 2.71 bits per heavy atom. The van der Waals surface area contributed by atoms with Gasteiger partial charge in [-0.2, -0.15) is 5.10 Å². The number of hydrogen-bond acceptors (Lipinski definition) is 6. The number of para-hydroxylation sites is 1. The lowest BCUT2D eigenvalue weighted by atomic mass is 10.2. The van der Waals surface area contributed by atoms with E-state index in [0.29, 0.717) is 43.3 Å². The zero-order valence-corrected chi connectivity index (χ0v) is 17.0. The Morgan fingerprint density at radius 1 is 1.14 bits per heavy atom. The lowest BCUT2D eigenvalue weighted by Crippen LogP contribution is -2.30. The topological polar surface area (TPSA) is 98.8 Å². The quantitative estimate of drug-likeness (QED) is 0.623. The van der Waals surface area contributed by atoms with E-state index in [1.165, 1.54) is 4.31 Å². The Hall–Kier alpha value is -2.75. The summed E-state index contributed by atoms with van der Waals surface area (Å²) in [5, 5.41) is 16.3. The second-order valence-corrected chi connectivity index (χ2v) is 8.73. The van der Waals surface area contributed by atoms with E-state index < -0.39 is 10.0 Å². The number of sulfonamides is 1. The van der Waals surface area contributed by atoms with Crippen LogP contribution < -0.4 is 4.31 Å². The van der Waals surface area contributed by atoms with Crippen molar-refractivity contribution in [1.29, 1.82) is 0 Å². The number of rotatable bonds is 6. The number of nitrogens with zero attached hydrogens (tertiary/aromatic N) is 7. The Morgan fingerprint density at radius 2 is 1.93 bits per heavy atom. The molecule has 148 valence electrons. The Labute approximate surface area is 164 Å². The number of tetrazole rings is 1. The highest BCUT2D eigenvalue weighted by atomic mass is 32.2. The van der Waals surface area contributed by atoms with Gasteiger partial charge in [0.25, 0.3) is 10.0 Å². The highest BCUT2D eigenvalue weighted by Gasteiger charge is 2.35. The largest absolute Gasteiger partial charge is 0.268 e. The number of benzene rings is 1. The fourth-order valence-electron chi connectivity index (χ4n) is 3.73. The second-order valence-electron chi connectivity index (χ2n) is 6.93. The molecular weight excluding hydrogens is 378 g/mol. The minimum absolute atomic E-state index is 0.263. The van der Waals surface area contributed by atoms with Crippen molar-refractivity contribution in [3.63, 3.8) is 0 Å². The predicted octanol–water partition coefficient (Wildman–Crippen LogP) is 1.70. The van der Waals surface area contributed by atoms with Gasteiger partial charge in [-0.15, -0.1) is 5.10 Å². The first-order valence-corrected chi connectivity index (χ1v) is 10.8. The first kappa shape index (κ1) is 18.6. The van der Waals surface area contributed by atoms with Crippen LogP contribution in [0.2, 0.25) is 0 Å². The molecule has 2 aromatic heterocycles. The van der Waals surface area contributed by atoms with Crippen LogP contribution in [0.3, 0.4) is 0 Å². The van der Waals surface area contributed by atoms with E-state index in [2.05, 4.69) is 20.6 Å². The molecule has 0 saturated heterocycles. The van der Waals surface area contributed by atoms with Gasteiger partial charge in [-0.05, 0) is 48.7 Å². The molecule has 0 bridgehead atoms. The maximum Gasteiger partial charge on any atom is 0.268 e. The van der Waals surface area contributed by atoms with Gasteiger partial charge in [-0.25, -0.2) is 13.1 Å². The van der Waals surface area contributed by atoms with E-state index in [9.17, 15) is 8.42 Å². The van der Waals surface area contributed by atoms with Gasteiger partial charge in [0.15, 0.2) is 5.82 Å². The molecule has 28 heavy (non-hydrogen) atoms. The summed E-state index contributed by atoms with van der Waals surface area (Å²) in [6.45, 7) is 7.03. The van der Waals surface area contributed by atoms with Crippen LogP contribution >= 0.6 is 0 Å². The smallest absolute Gasteiger partial charge is 0.266 e. The summed E-state index contributed by atoms with van der Waals surface area (Å²) in [4.78, 5) is 0.263. The molecule has 0 aliphatic carbocycles. The number of anilines is 1. The van der Waals surface area contributed by atoms with Gasteiger partial charge >= 0.3 is 0 Å². The summed E-state index contributed by atoms with van der Waals surface area (Å²) >= 11 is 0. The molecule has 0 fully saturated rings. The van der Waals surface area contributed by atoms with Gasteiger partial charge in [-0.1, -0.05) is 25.1 Å². The van der Waals surface area contributed by atoms with Crippen LogP contribution in [-0.4, -0.2) is 45.0 Å². The molecule has 0 radical (unpaired) electrons. The third kappa shape index (κ3) is 2.97. The van der Waals surface area contributed by atoms with E-state index in [1.807, 2.05) is 31.2 Å². The molecule has 0 atom stereocenters. The number of fused-ring (bicyclic) bond motifs is 1. The lowest BCUT2D eigenvalue weighted by Gasteiger charge is -2.19. The highest BCUT2D eigenvalue weighted by molar-refractivity contribution is 7.93. The predicted molar refractivity (Wildman–Crippen MR) is 104 cm³/mol. The van der Waals surface area contributed by atoms with Crippen LogP contribution in [0.1, 0.15) is 36.1 Å². The molecule has 9 nitrogen and oxygen atoms in total. The summed E-state index contributed by atoms with van der Waals surface area (Å²) in [5.41, 5.74) is 2.87. The van der Waals surface area contributed by atoms with Crippen LogP contribution in [-0.2, 0) is 29.5 Å². The first-order chi connectivity index (χ1) is 13.4. The van der Waals surface area contributed by atoms with Crippen molar-refractivity contribution in [1.82, 2.24) is 30.0 Å². The molecule has 1 aliphatic heterocycles. The molecule has 1 aliphatic rings. The maximum absolute atomic E-state index is 13.5. The summed E-state index contributed by atoms with van der Waals surface area (Å²) in [6.07, 6.45) is 1.62. The third-order valence-corrected chi connectivity index (χ3v) is 7.11. The number of aryl methyl sites for hydroxylation is 2. The second kappa shape index (κ2) is 7.01. The summed E-state index contributed by atoms with van der Waals surface area (Å²) in [6, 6.07) is 7.63. The maximum atomic E-state index is 13.5. The van der Waals surface area contributed by atoms with Crippen molar-refractivity contribution in [3.8, 4) is 0 Å². The Bertz CT molecular complexity index is 1120. The molecule has 4 rings (SSSR count). The summed E-state index contributed by atoms with van der Waals surface area (Å²) in [5.74, 6) is 0.655. The minimum Gasteiger partial charge on any atom is -0.266 e. The summed E-state index contributed by atoms with van der Waals surface area (Å²) in [7, 11) is -3.70. The number of hydrogen-bond donors (Lipinski definition) is 0. The number of aromatic nitrogens is 6. The van der Waals surface area contributed by atoms with Gasteiger partial charge in [0.2, 0.25) is 0 Å². The van der Waals surface area contributed by atoms with E-state index in [1.54, 1.807) is 23.2 Å². The SMILES string of the molecule is CCCn1nnnc1Cn1nc(C)c(S(=O)(=O)N2CCc3ccccc32)c1C. The average molecular weight is 401 g/mol. The Balaban J connectivity index is 1.71. The lowest BCUT2D eigenvalue weighted by molar-refractivity contribution is 0.526. The normalized spacial score (nSPS) is 13.9. The van der Waals surface area contributed by atoms with E-state index >= 15 is 0 Å². The zero-order chi connectivity index (χ0) is 19.9. The van der Waals surface area contributed by atoms with Crippen molar-refractivity contribution in [3.05, 3.63) is 47.0 Å². The van der Waals surface area contributed by atoms with Crippen LogP contribution in [0.4, 0.5) is 5.69 Å². The fourth-order valence-corrected chi connectivity index (χ4v) is 5.61. The Kier molecular flexibility index (Phi) is 4.66. The minimum atomic E-state index is -3.70. The van der Waals surface area contributed by atoms with Gasteiger partial charge in [0, 0.05) is 13.1 Å². The molecule has 1 aromatic carbocycles. The molecule has 0 spiro atoms. The van der Waals surface area contributed by atoms with Crippen molar-refractivity contribution in [2.45, 2.75) is 51.6 Å². The molecule has 0 saturated carbocycles. The average Bonchev–Trinajstić information content (AvgIpc) is 3.34. The van der Waals surface area contributed by atoms with Crippen LogP contribution in [0.5, 0.6) is 0 Å². The van der Waals surface area contributed by atoms with Crippen molar-refractivity contribution < 1.29 is 8.42 Å². The van der Waals surface area contributed by atoms with Crippen LogP contribution in [0, 0.1) is 13.8 Å². The van der Waals surface area contributed by atoms with Gasteiger partial charge in [0.05, 0.1) is 17.1 Å². The molecule has 3 aromatic rings. The molecule has 10 heteroatoms. The first-order valence-electron chi connectivity index (χ1n) is 9.33. The van der Waals surface area contributed by atoms with Crippen LogP contribution in [0.15, 0.2) is 29.2 Å². The van der Waals surface area contributed by atoms with Gasteiger partial charge < -0.3 is 0 Å². The van der Waals surface area contributed by atoms with E-state index in [-0.39, 0.29) is 4.90 Å². The zero-order valence-electron chi connectivity index (χ0n) is 16.2. The van der Waals surface area contributed by atoms with E-state index in [0.717, 1.165) is 17.7 Å². The monoisotopic (exact) mass is 401 g/mol. The van der Waals surface area contributed by atoms with Crippen molar-refractivity contribution in [2.24, 2.45) is 0 Å². The fraction of sp³-hybridized carbons (Fsp3) is 0.444. The highest BCUT2D eigenvalue weighted by Crippen LogP contribution is 2.34. The van der Waals surface area contributed by atoms with Gasteiger partial charge in [-0.3, -0.25) is 8.99 Å².